The molecule has 0 unspecified atom stereocenters. The molecule has 4 rings (SSSR count). The van der Waals surface area contributed by atoms with Gasteiger partial charge >= 0.3 is 0 Å². The van der Waals surface area contributed by atoms with Crippen LogP contribution in [0.5, 0.6) is 0 Å². The molecule has 0 saturated carbocycles. The maximum absolute atomic E-state index is 12.2. The summed E-state index contributed by atoms with van der Waals surface area (Å²) < 4.78 is 0. The molecule has 2 amide bonds. The SMILES string of the molecule is Cc1[nH]c2ccccc2c1-c1csc(NC(=O)CCNC(=O)c2cccs2)n1. The third-order valence-corrected chi connectivity index (χ3v) is 5.91. The number of carbonyl (C=O) groups excluding carboxylic acids is 2. The van der Waals surface area contributed by atoms with Gasteiger partial charge in [0.25, 0.3) is 5.91 Å². The number of thiazole rings is 1. The van der Waals surface area contributed by atoms with Crippen molar-refractivity contribution in [1.29, 1.82) is 0 Å². The highest BCUT2D eigenvalue weighted by Gasteiger charge is 2.14. The molecule has 0 bridgehead atoms. The summed E-state index contributed by atoms with van der Waals surface area (Å²) in [4.78, 5) is 32.6. The Morgan fingerprint density at radius 1 is 1.14 bits per heavy atom. The number of nitrogens with one attached hydrogen (secondary N) is 3. The number of anilines is 1. The second-order valence-electron chi connectivity index (χ2n) is 6.24. The fourth-order valence-corrected chi connectivity index (χ4v) is 4.38. The Balaban J connectivity index is 1.37. The van der Waals surface area contributed by atoms with Crippen molar-refractivity contribution in [3.8, 4) is 11.3 Å². The first kappa shape index (κ1) is 18.4. The highest BCUT2D eigenvalue weighted by Crippen LogP contribution is 2.33. The van der Waals surface area contributed by atoms with Crippen molar-refractivity contribution in [3.63, 3.8) is 0 Å². The number of rotatable bonds is 6. The van der Waals surface area contributed by atoms with E-state index < -0.39 is 0 Å². The van der Waals surface area contributed by atoms with Gasteiger partial charge < -0.3 is 15.6 Å². The van der Waals surface area contributed by atoms with E-state index in [9.17, 15) is 9.59 Å². The van der Waals surface area contributed by atoms with Crippen molar-refractivity contribution in [1.82, 2.24) is 15.3 Å². The predicted molar refractivity (Wildman–Crippen MR) is 114 cm³/mol. The average molecular weight is 411 g/mol. The lowest BCUT2D eigenvalue weighted by molar-refractivity contribution is -0.116. The van der Waals surface area contributed by atoms with Gasteiger partial charge in [-0.25, -0.2) is 4.98 Å². The monoisotopic (exact) mass is 410 g/mol. The van der Waals surface area contributed by atoms with Gasteiger partial charge in [-0.15, -0.1) is 22.7 Å². The Morgan fingerprint density at radius 2 is 2.00 bits per heavy atom. The lowest BCUT2D eigenvalue weighted by atomic mass is 10.1. The van der Waals surface area contributed by atoms with Crippen LogP contribution in [0.3, 0.4) is 0 Å². The third-order valence-electron chi connectivity index (χ3n) is 4.28. The Bertz CT molecular complexity index is 1130. The molecular formula is C20H18N4O2S2. The summed E-state index contributed by atoms with van der Waals surface area (Å²) in [6, 6.07) is 11.7. The van der Waals surface area contributed by atoms with Gasteiger partial charge in [0.1, 0.15) is 0 Å². The number of aromatic amines is 1. The number of nitrogens with zero attached hydrogens (tertiary/aromatic N) is 1. The van der Waals surface area contributed by atoms with Crippen LogP contribution < -0.4 is 10.6 Å². The Kier molecular flexibility index (Phi) is 5.23. The molecule has 0 aliphatic heterocycles. The summed E-state index contributed by atoms with van der Waals surface area (Å²) in [5.74, 6) is -0.336. The van der Waals surface area contributed by atoms with Crippen LogP contribution in [0.25, 0.3) is 22.2 Å². The van der Waals surface area contributed by atoms with Gasteiger partial charge in [-0.3, -0.25) is 9.59 Å². The van der Waals surface area contributed by atoms with Crippen molar-refractivity contribution in [2.45, 2.75) is 13.3 Å². The van der Waals surface area contributed by atoms with E-state index in [1.165, 1.54) is 22.7 Å². The van der Waals surface area contributed by atoms with Gasteiger partial charge in [0.05, 0.1) is 10.6 Å². The van der Waals surface area contributed by atoms with Crippen LogP contribution in [0.4, 0.5) is 5.13 Å². The average Bonchev–Trinajstić information content (AvgIpc) is 3.40. The van der Waals surface area contributed by atoms with E-state index in [1.54, 1.807) is 6.07 Å². The van der Waals surface area contributed by atoms with Crippen molar-refractivity contribution in [3.05, 3.63) is 57.7 Å². The highest BCUT2D eigenvalue weighted by molar-refractivity contribution is 7.14. The molecule has 4 aromatic rings. The molecule has 0 saturated heterocycles. The minimum Gasteiger partial charge on any atom is -0.358 e. The number of amides is 2. The van der Waals surface area contributed by atoms with Crippen LogP contribution in [0.1, 0.15) is 21.8 Å². The lowest BCUT2D eigenvalue weighted by Crippen LogP contribution is -2.27. The number of carbonyl (C=O) groups is 2. The summed E-state index contributed by atoms with van der Waals surface area (Å²) in [6.07, 6.45) is 0.193. The molecule has 3 aromatic heterocycles. The van der Waals surface area contributed by atoms with Crippen LogP contribution in [0.2, 0.25) is 0 Å². The Morgan fingerprint density at radius 3 is 2.82 bits per heavy atom. The normalized spacial score (nSPS) is 10.9. The van der Waals surface area contributed by atoms with Crippen LogP contribution in [0.15, 0.2) is 47.2 Å². The largest absolute Gasteiger partial charge is 0.358 e. The number of aryl methyl sites for hydroxylation is 1. The summed E-state index contributed by atoms with van der Waals surface area (Å²) in [5, 5.41) is 11.0. The molecule has 0 radical (unpaired) electrons. The maximum Gasteiger partial charge on any atom is 0.261 e. The fourth-order valence-electron chi connectivity index (χ4n) is 3.02. The maximum atomic E-state index is 12.2. The van der Waals surface area contributed by atoms with Crippen molar-refractivity contribution < 1.29 is 9.59 Å². The number of H-pyrrole nitrogens is 1. The zero-order valence-corrected chi connectivity index (χ0v) is 16.7. The highest BCUT2D eigenvalue weighted by atomic mass is 32.1. The van der Waals surface area contributed by atoms with E-state index >= 15 is 0 Å². The van der Waals surface area contributed by atoms with E-state index in [-0.39, 0.29) is 24.8 Å². The van der Waals surface area contributed by atoms with Crippen molar-refractivity contribution in [2.24, 2.45) is 0 Å². The molecule has 1 aromatic carbocycles. The predicted octanol–water partition coefficient (Wildman–Crippen LogP) is 4.42. The van der Waals surface area contributed by atoms with Gasteiger partial charge in [0.15, 0.2) is 5.13 Å². The topological polar surface area (TPSA) is 86.9 Å². The van der Waals surface area contributed by atoms with E-state index in [1.807, 2.05) is 41.9 Å². The van der Waals surface area contributed by atoms with Gasteiger partial charge in [-0.2, -0.15) is 0 Å². The number of hydrogen-bond donors (Lipinski definition) is 3. The molecule has 8 heteroatoms. The molecule has 142 valence electrons. The molecule has 0 spiro atoms. The van der Waals surface area contributed by atoms with Crippen LogP contribution >= 0.6 is 22.7 Å². The molecule has 6 nitrogen and oxygen atoms in total. The zero-order valence-electron chi connectivity index (χ0n) is 15.1. The van der Waals surface area contributed by atoms with Crippen LogP contribution in [0, 0.1) is 6.92 Å². The van der Waals surface area contributed by atoms with E-state index in [0.717, 1.165) is 27.9 Å². The minimum atomic E-state index is -0.178. The van der Waals surface area contributed by atoms with Crippen molar-refractivity contribution in [2.75, 3.05) is 11.9 Å². The van der Waals surface area contributed by atoms with Gasteiger partial charge in [0, 0.05) is 40.5 Å². The molecule has 3 N–H and O–H groups in total. The molecule has 0 fully saturated rings. The van der Waals surface area contributed by atoms with E-state index in [2.05, 4.69) is 26.7 Å². The lowest BCUT2D eigenvalue weighted by Gasteiger charge is -2.04. The quantitative estimate of drug-likeness (QED) is 0.440. The fraction of sp³-hybridized carbons (Fsp3) is 0.150. The van der Waals surface area contributed by atoms with Crippen LogP contribution in [-0.2, 0) is 4.79 Å². The van der Waals surface area contributed by atoms with E-state index in [4.69, 9.17) is 0 Å². The Hall–Kier alpha value is -2.97. The second kappa shape index (κ2) is 7.95. The zero-order chi connectivity index (χ0) is 19.5. The number of hydrogen-bond acceptors (Lipinski definition) is 5. The Labute approximate surface area is 169 Å². The third kappa shape index (κ3) is 3.83. The summed E-state index contributed by atoms with van der Waals surface area (Å²) in [6.45, 7) is 2.30. The second-order valence-corrected chi connectivity index (χ2v) is 8.05. The summed E-state index contributed by atoms with van der Waals surface area (Å²) >= 11 is 2.76. The molecular weight excluding hydrogens is 392 g/mol. The summed E-state index contributed by atoms with van der Waals surface area (Å²) in [7, 11) is 0. The van der Waals surface area contributed by atoms with E-state index in [0.29, 0.717) is 10.0 Å². The molecule has 3 heterocycles. The molecule has 0 aliphatic rings. The molecule has 0 atom stereocenters. The first-order valence-corrected chi connectivity index (χ1v) is 10.5. The number of thiophene rings is 1. The van der Waals surface area contributed by atoms with Crippen LogP contribution in [-0.4, -0.2) is 28.3 Å². The van der Waals surface area contributed by atoms with Crippen molar-refractivity contribution >= 4 is 50.5 Å². The summed E-state index contributed by atoms with van der Waals surface area (Å²) in [5.41, 5.74) is 3.99. The first-order chi connectivity index (χ1) is 13.6. The van der Waals surface area contributed by atoms with Gasteiger partial charge in [0.2, 0.25) is 5.91 Å². The van der Waals surface area contributed by atoms with Gasteiger partial charge in [-0.1, -0.05) is 24.3 Å². The first-order valence-electron chi connectivity index (χ1n) is 8.76. The molecule has 28 heavy (non-hydrogen) atoms. The number of aromatic nitrogens is 2. The number of fused-ring (bicyclic) bond motifs is 1. The number of benzene rings is 1. The molecule has 0 aliphatic carbocycles. The minimum absolute atomic E-state index is 0.158. The smallest absolute Gasteiger partial charge is 0.261 e. The number of para-hydroxylation sites is 1. The van der Waals surface area contributed by atoms with Gasteiger partial charge in [-0.05, 0) is 24.4 Å². The standard InChI is InChI=1S/C20H18N4O2S2/c1-12-18(13-5-2-3-6-14(13)22-12)15-11-28-20(23-15)24-17(25)8-9-21-19(26)16-7-4-10-27-16/h2-7,10-11,22H,8-9H2,1H3,(H,21,26)(H,23,24,25).